The molecule has 35 heavy (non-hydrogen) atoms. The smallest absolute Gasteiger partial charge is 0.345 e. The van der Waals surface area contributed by atoms with Gasteiger partial charge in [0.15, 0.2) is 5.78 Å². The lowest BCUT2D eigenvalue weighted by Gasteiger charge is -2.13. The number of carbonyl (C=O) groups is 3. The van der Waals surface area contributed by atoms with Gasteiger partial charge in [0.25, 0.3) is 5.91 Å². The van der Waals surface area contributed by atoms with Crippen LogP contribution in [0.25, 0.3) is 5.57 Å². The number of carbonyl (C=O) groups excluding carboxylic acids is 3. The maximum absolute atomic E-state index is 13.6. The van der Waals surface area contributed by atoms with E-state index in [9.17, 15) is 40.7 Å². The summed E-state index contributed by atoms with van der Waals surface area (Å²) in [5, 5.41) is 3.58. The first-order valence-corrected chi connectivity index (χ1v) is 10.3. The Balaban J connectivity index is 2.21. The summed E-state index contributed by atoms with van der Waals surface area (Å²) in [6, 6.07) is 6.64. The number of aryl methyl sites for hydroxylation is 1. The van der Waals surface area contributed by atoms with Crippen LogP contribution in [0.4, 0.5) is 26.3 Å². The van der Waals surface area contributed by atoms with Crippen LogP contribution >= 0.6 is 23.2 Å². The van der Waals surface area contributed by atoms with Crippen molar-refractivity contribution in [3.8, 4) is 0 Å². The zero-order chi connectivity index (χ0) is 26.6. The standard InChI is InChI=1S/C22H16Cl2F6N2O3/c1-11-4-12(2-3-16(11)20(35)31-9-19(34)32-10-21(25,26)27)18(33)8-17(22(28,29)30)13-5-14(23)7-15(24)6-13/h2-8H,9-10H2,1H3,(H,31,35)(H,32,34)/b17-8-. The van der Waals surface area contributed by atoms with Crippen LogP contribution in [0, 0.1) is 6.92 Å². The Morgan fingerprint density at radius 2 is 1.49 bits per heavy atom. The van der Waals surface area contributed by atoms with Crippen LogP contribution in [0.1, 0.15) is 31.8 Å². The second-order valence-electron chi connectivity index (χ2n) is 7.18. The molecule has 2 amide bonds. The molecule has 188 valence electrons. The lowest BCUT2D eigenvalue weighted by atomic mass is 9.98. The third-order valence-electron chi connectivity index (χ3n) is 4.41. The predicted octanol–water partition coefficient (Wildman–Crippen LogP) is 5.54. The van der Waals surface area contributed by atoms with Crippen molar-refractivity contribution < 1.29 is 40.7 Å². The minimum Gasteiger partial charge on any atom is -0.345 e. The lowest BCUT2D eigenvalue weighted by Crippen LogP contribution is -2.41. The van der Waals surface area contributed by atoms with Gasteiger partial charge in [-0.2, -0.15) is 26.3 Å². The average Bonchev–Trinajstić information content (AvgIpc) is 2.72. The van der Waals surface area contributed by atoms with Crippen molar-refractivity contribution in [2.75, 3.05) is 13.1 Å². The van der Waals surface area contributed by atoms with Crippen molar-refractivity contribution in [3.63, 3.8) is 0 Å². The first-order chi connectivity index (χ1) is 16.1. The number of halogens is 8. The molecular formula is C22H16Cl2F6N2O3. The van der Waals surface area contributed by atoms with Crippen molar-refractivity contribution in [2.45, 2.75) is 19.3 Å². The maximum atomic E-state index is 13.6. The quantitative estimate of drug-likeness (QED) is 0.275. The maximum Gasteiger partial charge on any atom is 0.417 e. The summed E-state index contributed by atoms with van der Waals surface area (Å²) in [5.41, 5.74) is -1.73. The Morgan fingerprint density at radius 3 is 2.00 bits per heavy atom. The number of benzene rings is 2. The number of allylic oxidation sites excluding steroid dienone is 2. The fourth-order valence-electron chi connectivity index (χ4n) is 2.84. The van der Waals surface area contributed by atoms with Gasteiger partial charge in [-0.25, -0.2) is 0 Å². The van der Waals surface area contributed by atoms with Crippen molar-refractivity contribution in [1.29, 1.82) is 0 Å². The highest BCUT2D eigenvalue weighted by Crippen LogP contribution is 2.36. The highest BCUT2D eigenvalue weighted by molar-refractivity contribution is 6.35. The fourth-order valence-corrected chi connectivity index (χ4v) is 3.37. The Morgan fingerprint density at radius 1 is 0.886 bits per heavy atom. The van der Waals surface area contributed by atoms with Crippen LogP contribution in [0.15, 0.2) is 42.5 Å². The number of amides is 2. The molecule has 0 bridgehead atoms. The number of rotatable bonds is 7. The highest BCUT2D eigenvalue weighted by atomic mass is 35.5. The third kappa shape index (κ3) is 8.59. The minimum atomic E-state index is -4.91. The van der Waals surface area contributed by atoms with Gasteiger partial charge in [0, 0.05) is 21.2 Å². The molecule has 0 aliphatic carbocycles. The van der Waals surface area contributed by atoms with E-state index < -0.39 is 54.2 Å². The van der Waals surface area contributed by atoms with E-state index in [1.165, 1.54) is 13.0 Å². The van der Waals surface area contributed by atoms with Gasteiger partial charge < -0.3 is 10.6 Å². The summed E-state index contributed by atoms with van der Waals surface area (Å²) in [6.07, 6.45) is -9.15. The van der Waals surface area contributed by atoms with Crippen LogP contribution in [-0.2, 0) is 4.79 Å². The lowest BCUT2D eigenvalue weighted by molar-refractivity contribution is -0.137. The summed E-state index contributed by atoms with van der Waals surface area (Å²) >= 11 is 11.5. The van der Waals surface area contributed by atoms with Crippen LogP contribution in [0.2, 0.25) is 10.0 Å². The van der Waals surface area contributed by atoms with Gasteiger partial charge >= 0.3 is 12.4 Å². The molecule has 0 spiro atoms. The van der Waals surface area contributed by atoms with Gasteiger partial charge in [-0.05, 0) is 54.5 Å². The summed E-state index contributed by atoms with van der Waals surface area (Å²) < 4.78 is 77.1. The summed E-state index contributed by atoms with van der Waals surface area (Å²) in [4.78, 5) is 36.2. The molecule has 0 atom stereocenters. The van der Waals surface area contributed by atoms with E-state index in [-0.39, 0.29) is 26.7 Å². The molecule has 2 rings (SSSR count). The SMILES string of the molecule is Cc1cc(C(=O)/C=C(/c2cc(Cl)cc(Cl)c2)C(F)(F)F)ccc1C(=O)NCC(=O)NCC(F)(F)F. The van der Waals surface area contributed by atoms with Gasteiger partial charge in [0.1, 0.15) is 6.54 Å². The van der Waals surface area contributed by atoms with Crippen LogP contribution < -0.4 is 10.6 Å². The molecular weight excluding hydrogens is 525 g/mol. The second-order valence-corrected chi connectivity index (χ2v) is 8.06. The molecule has 0 aliphatic rings. The molecule has 5 nitrogen and oxygen atoms in total. The second kappa shape index (κ2) is 11.1. The topological polar surface area (TPSA) is 75.3 Å². The minimum absolute atomic E-state index is 0.0354. The molecule has 0 aromatic heterocycles. The molecule has 13 heteroatoms. The summed E-state index contributed by atoms with van der Waals surface area (Å²) in [7, 11) is 0. The van der Waals surface area contributed by atoms with Crippen molar-refractivity contribution in [3.05, 3.63) is 74.8 Å². The summed E-state index contributed by atoms with van der Waals surface area (Å²) in [6.45, 7) is -0.915. The largest absolute Gasteiger partial charge is 0.417 e. The van der Waals surface area contributed by atoms with E-state index in [4.69, 9.17) is 23.2 Å². The zero-order valence-corrected chi connectivity index (χ0v) is 19.2. The van der Waals surface area contributed by atoms with Gasteiger partial charge in [0.05, 0.1) is 12.1 Å². The predicted molar refractivity (Wildman–Crippen MR) is 117 cm³/mol. The van der Waals surface area contributed by atoms with E-state index in [1.807, 2.05) is 0 Å². The zero-order valence-electron chi connectivity index (χ0n) is 17.7. The van der Waals surface area contributed by atoms with Crippen molar-refractivity contribution in [1.82, 2.24) is 10.6 Å². The van der Waals surface area contributed by atoms with Gasteiger partial charge in [-0.1, -0.05) is 29.3 Å². The number of nitrogens with one attached hydrogen (secondary N) is 2. The Kier molecular flexibility index (Phi) is 8.96. The molecule has 0 radical (unpaired) electrons. The van der Waals surface area contributed by atoms with E-state index in [2.05, 4.69) is 5.32 Å². The normalized spacial score (nSPS) is 12.3. The van der Waals surface area contributed by atoms with Gasteiger partial charge in [-0.3, -0.25) is 14.4 Å². The van der Waals surface area contributed by atoms with Crippen LogP contribution in [0.5, 0.6) is 0 Å². The van der Waals surface area contributed by atoms with E-state index in [0.29, 0.717) is 6.08 Å². The van der Waals surface area contributed by atoms with E-state index in [0.717, 1.165) is 30.3 Å². The molecule has 0 saturated heterocycles. The monoisotopic (exact) mass is 540 g/mol. The molecule has 0 saturated carbocycles. The number of hydrogen-bond acceptors (Lipinski definition) is 3. The summed E-state index contributed by atoms with van der Waals surface area (Å²) in [5.74, 6) is -2.93. The van der Waals surface area contributed by atoms with Gasteiger partial charge in [0.2, 0.25) is 5.91 Å². The number of alkyl halides is 6. The van der Waals surface area contributed by atoms with Crippen LogP contribution in [-0.4, -0.2) is 43.0 Å². The molecule has 2 N–H and O–H groups in total. The van der Waals surface area contributed by atoms with Crippen LogP contribution in [0.3, 0.4) is 0 Å². The molecule has 2 aromatic rings. The highest BCUT2D eigenvalue weighted by Gasteiger charge is 2.36. The van der Waals surface area contributed by atoms with E-state index >= 15 is 0 Å². The Labute approximate surface area is 205 Å². The third-order valence-corrected chi connectivity index (χ3v) is 4.84. The first-order valence-electron chi connectivity index (χ1n) is 9.59. The van der Waals surface area contributed by atoms with Crippen molar-refractivity contribution in [2.24, 2.45) is 0 Å². The molecule has 0 fully saturated rings. The Bertz CT molecular complexity index is 1160. The van der Waals surface area contributed by atoms with Gasteiger partial charge in [-0.15, -0.1) is 0 Å². The molecule has 0 heterocycles. The average molecular weight is 541 g/mol. The molecule has 0 unspecified atom stereocenters. The molecule has 0 aliphatic heterocycles. The first kappa shape index (κ1) is 28.2. The molecule has 2 aromatic carbocycles. The number of ketones is 1. The van der Waals surface area contributed by atoms with E-state index in [1.54, 1.807) is 5.32 Å². The Hall–Kier alpha value is -3.05. The fraction of sp³-hybridized carbons (Fsp3) is 0.227. The number of hydrogen-bond donors (Lipinski definition) is 2. The van der Waals surface area contributed by atoms with Crippen molar-refractivity contribution >= 4 is 46.4 Å².